The molecule has 0 spiro atoms. The SMILES string of the molecule is Brc1cnc(Nc2cccc(I)c2)c(Br)c1. The maximum Gasteiger partial charge on any atom is 0.144 e. The lowest BCUT2D eigenvalue weighted by Gasteiger charge is -2.07. The molecule has 2 nitrogen and oxygen atoms in total. The van der Waals surface area contributed by atoms with Crippen LogP contribution in [0.3, 0.4) is 0 Å². The molecule has 0 aliphatic carbocycles. The summed E-state index contributed by atoms with van der Waals surface area (Å²) in [7, 11) is 0. The van der Waals surface area contributed by atoms with Crippen LogP contribution >= 0.6 is 54.5 Å². The molecule has 0 saturated heterocycles. The fourth-order valence-electron chi connectivity index (χ4n) is 1.21. The molecule has 0 atom stereocenters. The number of aromatic nitrogens is 1. The summed E-state index contributed by atoms with van der Waals surface area (Å²) in [5.74, 6) is 0.810. The fourth-order valence-corrected chi connectivity index (χ4v) is 2.84. The Morgan fingerprint density at radius 3 is 2.69 bits per heavy atom. The Morgan fingerprint density at radius 1 is 1.19 bits per heavy atom. The molecule has 1 heterocycles. The van der Waals surface area contributed by atoms with Crippen molar-refractivity contribution in [3.63, 3.8) is 0 Å². The van der Waals surface area contributed by atoms with Gasteiger partial charge >= 0.3 is 0 Å². The molecular weight excluding hydrogens is 447 g/mol. The third-order valence-electron chi connectivity index (χ3n) is 1.90. The molecule has 0 bridgehead atoms. The molecule has 1 aromatic heterocycles. The first-order valence-electron chi connectivity index (χ1n) is 4.49. The molecular formula is C11H7Br2IN2. The maximum atomic E-state index is 4.30. The summed E-state index contributed by atoms with van der Waals surface area (Å²) >= 11 is 9.12. The first kappa shape index (κ1) is 12.3. The summed E-state index contributed by atoms with van der Waals surface area (Å²) in [6.07, 6.45) is 1.76. The molecule has 2 rings (SSSR count). The molecule has 1 N–H and O–H groups in total. The van der Waals surface area contributed by atoms with Gasteiger partial charge in [0.25, 0.3) is 0 Å². The minimum absolute atomic E-state index is 0.810. The van der Waals surface area contributed by atoms with Gasteiger partial charge < -0.3 is 5.32 Å². The van der Waals surface area contributed by atoms with Crippen LogP contribution in [0.25, 0.3) is 0 Å². The summed E-state index contributed by atoms with van der Waals surface area (Å²) in [5.41, 5.74) is 1.03. The summed E-state index contributed by atoms with van der Waals surface area (Å²) in [6.45, 7) is 0. The molecule has 0 aliphatic heterocycles. The number of pyridine rings is 1. The Balaban J connectivity index is 2.27. The third kappa shape index (κ3) is 3.18. The average Bonchev–Trinajstić information content (AvgIpc) is 2.22. The molecule has 16 heavy (non-hydrogen) atoms. The Bertz CT molecular complexity index is 517. The van der Waals surface area contributed by atoms with Gasteiger partial charge in [-0.2, -0.15) is 0 Å². The molecule has 0 unspecified atom stereocenters. The van der Waals surface area contributed by atoms with E-state index in [4.69, 9.17) is 0 Å². The number of nitrogens with one attached hydrogen (secondary N) is 1. The Morgan fingerprint density at radius 2 is 2.00 bits per heavy atom. The monoisotopic (exact) mass is 452 g/mol. The lowest BCUT2D eigenvalue weighted by Crippen LogP contribution is -1.94. The number of hydrogen-bond donors (Lipinski definition) is 1. The third-order valence-corrected chi connectivity index (χ3v) is 3.60. The van der Waals surface area contributed by atoms with Crippen LogP contribution in [-0.2, 0) is 0 Å². The summed E-state index contributed by atoms with van der Waals surface area (Å²) in [5, 5.41) is 3.26. The zero-order chi connectivity index (χ0) is 11.5. The predicted octanol–water partition coefficient (Wildman–Crippen LogP) is 4.95. The molecule has 0 aliphatic rings. The number of halogens is 3. The summed E-state index contributed by atoms with van der Waals surface area (Å²) in [6, 6.07) is 10.1. The molecule has 82 valence electrons. The van der Waals surface area contributed by atoms with Crippen molar-refractivity contribution in [2.75, 3.05) is 5.32 Å². The highest BCUT2D eigenvalue weighted by atomic mass is 127. The number of rotatable bonds is 2. The van der Waals surface area contributed by atoms with Gasteiger partial charge in [0.15, 0.2) is 0 Å². The van der Waals surface area contributed by atoms with Gasteiger partial charge in [0.05, 0.1) is 4.47 Å². The van der Waals surface area contributed by atoms with Gasteiger partial charge in [-0.25, -0.2) is 4.98 Å². The minimum Gasteiger partial charge on any atom is -0.339 e. The second kappa shape index (κ2) is 5.46. The van der Waals surface area contributed by atoms with Crippen LogP contribution in [-0.4, -0.2) is 4.98 Å². The van der Waals surface area contributed by atoms with Crippen molar-refractivity contribution in [3.8, 4) is 0 Å². The highest BCUT2D eigenvalue weighted by Crippen LogP contribution is 2.26. The molecule has 0 saturated carbocycles. The van der Waals surface area contributed by atoms with Gasteiger partial charge in [-0.1, -0.05) is 6.07 Å². The van der Waals surface area contributed by atoms with Crippen LogP contribution in [0.1, 0.15) is 0 Å². The number of hydrogen-bond acceptors (Lipinski definition) is 2. The van der Waals surface area contributed by atoms with Crippen LogP contribution in [0.5, 0.6) is 0 Å². The van der Waals surface area contributed by atoms with Crippen LogP contribution in [0.15, 0.2) is 45.5 Å². The van der Waals surface area contributed by atoms with E-state index in [1.54, 1.807) is 6.20 Å². The standard InChI is InChI=1S/C11H7Br2IN2/c12-7-4-10(13)11(15-6-7)16-9-3-1-2-8(14)5-9/h1-6H,(H,15,16). The Kier molecular flexibility index (Phi) is 4.21. The normalized spacial score (nSPS) is 10.2. The topological polar surface area (TPSA) is 24.9 Å². The van der Waals surface area contributed by atoms with Gasteiger partial charge in [-0.3, -0.25) is 0 Å². The van der Waals surface area contributed by atoms with E-state index in [2.05, 4.69) is 76.9 Å². The fraction of sp³-hybridized carbons (Fsp3) is 0. The van der Waals surface area contributed by atoms with Crippen molar-refractivity contribution >= 4 is 66.0 Å². The molecule has 5 heteroatoms. The van der Waals surface area contributed by atoms with E-state index in [0.29, 0.717) is 0 Å². The average molecular weight is 454 g/mol. The van der Waals surface area contributed by atoms with E-state index in [0.717, 1.165) is 20.5 Å². The molecule has 1 aromatic carbocycles. The van der Waals surface area contributed by atoms with Gasteiger partial charge in [-0.15, -0.1) is 0 Å². The number of anilines is 2. The first-order valence-corrected chi connectivity index (χ1v) is 7.15. The van der Waals surface area contributed by atoms with Crippen molar-refractivity contribution in [1.82, 2.24) is 4.98 Å². The smallest absolute Gasteiger partial charge is 0.144 e. The number of benzene rings is 1. The van der Waals surface area contributed by atoms with E-state index in [1.165, 1.54) is 3.57 Å². The maximum absolute atomic E-state index is 4.30. The zero-order valence-electron chi connectivity index (χ0n) is 8.05. The molecule has 0 amide bonds. The van der Waals surface area contributed by atoms with E-state index in [9.17, 15) is 0 Å². The molecule has 0 fully saturated rings. The van der Waals surface area contributed by atoms with Crippen molar-refractivity contribution in [2.45, 2.75) is 0 Å². The Hall–Kier alpha value is -0.140. The summed E-state index contributed by atoms with van der Waals surface area (Å²) in [4.78, 5) is 4.30. The quantitative estimate of drug-likeness (QED) is 0.650. The lowest BCUT2D eigenvalue weighted by molar-refractivity contribution is 1.27. The van der Waals surface area contributed by atoms with Crippen molar-refractivity contribution < 1.29 is 0 Å². The van der Waals surface area contributed by atoms with Crippen molar-refractivity contribution in [3.05, 3.63) is 49.0 Å². The number of nitrogens with zero attached hydrogens (tertiary/aromatic N) is 1. The predicted molar refractivity (Wildman–Crippen MR) is 82.1 cm³/mol. The van der Waals surface area contributed by atoms with E-state index in [-0.39, 0.29) is 0 Å². The van der Waals surface area contributed by atoms with E-state index < -0.39 is 0 Å². The van der Waals surface area contributed by atoms with Crippen LogP contribution < -0.4 is 5.32 Å². The Labute approximate surface area is 124 Å². The zero-order valence-corrected chi connectivity index (χ0v) is 13.4. The van der Waals surface area contributed by atoms with Crippen LogP contribution in [0.2, 0.25) is 0 Å². The van der Waals surface area contributed by atoms with E-state index >= 15 is 0 Å². The van der Waals surface area contributed by atoms with Gasteiger partial charge in [-0.05, 0) is 78.7 Å². The highest BCUT2D eigenvalue weighted by molar-refractivity contribution is 14.1. The van der Waals surface area contributed by atoms with Gasteiger partial charge in [0, 0.05) is 19.9 Å². The molecule has 2 aromatic rings. The second-order valence-corrected chi connectivity index (χ2v) is 6.13. The van der Waals surface area contributed by atoms with Crippen LogP contribution in [0.4, 0.5) is 11.5 Å². The largest absolute Gasteiger partial charge is 0.339 e. The van der Waals surface area contributed by atoms with E-state index in [1.807, 2.05) is 18.2 Å². The first-order chi connectivity index (χ1) is 7.65. The van der Waals surface area contributed by atoms with Crippen molar-refractivity contribution in [1.29, 1.82) is 0 Å². The second-order valence-electron chi connectivity index (χ2n) is 3.12. The summed E-state index contributed by atoms with van der Waals surface area (Å²) < 4.78 is 3.07. The molecule has 0 radical (unpaired) electrons. The lowest BCUT2D eigenvalue weighted by atomic mass is 10.3. The van der Waals surface area contributed by atoms with Crippen LogP contribution in [0, 0.1) is 3.57 Å². The van der Waals surface area contributed by atoms with Crippen molar-refractivity contribution in [2.24, 2.45) is 0 Å². The highest BCUT2D eigenvalue weighted by Gasteiger charge is 2.02. The van der Waals surface area contributed by atoms with Gasteiger partial charge in [0.2, 0.25) is 0 Å². The van der Waals surface area contributed by atoms with Gasteiger partial charge in [0.1, 0.15) is 5.82 Å². The minimum atomic E-state index is 0.810.